The highest BCUT2D eigenvalue weighted by Crippen LogP contribution is 2.29. The van der Waals surface area contributed by atoms with Gasteiger partial charge < -0.3 is 4.90 Å². The molecule has 1 aromatic carbocycles. The molecule has 1 fully saturated rings. The molecule has 0 bridgehead atoms. The van der Waals surface area contributed by atoms with Gasteiger partial charge in [-0.25, -0.2) is 0 Å². The predicted molar refractivity (Wildman–Crippen MR) is 66.6 cm³/mol. The molecule has 1 aliphatic heterocycles. The van der Waals surface area contributed by atoms with Crippen molar-refractivity contribution in [2.24, 2.45) is 5.92 Å². The molecule has 0 aliphatic carbocycles. The minimum atomic E-state index is 0.0667. The number of hydrogen-bond donors (Lipinski definition) is 0. The molecule has 1 atom stereocenters. The van der Waals surface area contributed by atoms with Gasteiger partial charge in [0.15, 0.2) is 0 Å². The molecule has 17 heavy (non-hydrogen) atoms. The van der Waals surface area contributed by atoms with Crippen molar-refractivity contribution < 1.29 is 4.79 Å². The smallest absolute Gasteiger partial charge is 0.227 e. The number of anilines is 1. The van der Waals surface area contributed by atoms with Gasteiger partial charge in [0.1, 0.15) is 6.07 Å². The fraction of sp³-hybridized carbons (Fsp3) is 0.286. The van der Waals surface area contributed by atoms with E-state index >= 15 is 0 Å². The lowest BCUT2D eigenvalue weighted by Crippen LogP contribution is -2.25. The fourth-order valence-electron chi connectivity index (χ4n) is 2.09. The van der Waals surface area contributed by atoms with Gasteiger partial charge in [0, 0.05) is 18.9 Å². The van der Waals surface area contributed by atoms with Gasteiger partial charge in [-0.2, -0.15) is 5.26 Å². The molecule has 1 aromatic rings. The minimum Gasteiger partial charge on any atom is -0.310 e. The van der Waals surface area contributed by atoms with E-state index < -0.39 is 0 Å². The third-order valence-corrected chi connectivity index (χ3v) is 3.05. The molecule has 0 saturated carbocycles. The second-order valence-electron chi connectivity index (χ2n) is 4.34. The highest BCUT2D eigenvalue weighted by Gasteiger charge is 2.30. The van der Waals surface area contributed by atoms with E-state index in [0.717, 1.165) is 11.3 Å². The van der Waals surface area contributed by atoms with Gasteiger partial charge in [0.05, 0.1) is 11.3 Å². The zero-order valence-electron chi connectivity index (χ0n) is 9.81. The molecule has 0 radical (unpaired) electrons. The number of carbonyl (C=O) groups is 1. The van der Waals surface area contributed by atoms with Gasteiger partial charge in [0.25, 0.3) is 0 Å². The Hall–Kier alpha value is -2.08. The van der Waals surface area contributed by atoms with Gasteiger partial charge in [-0.05, 0) is 24.6 Å². The lowest BCUT2D eigenvalue weighted by molar-refractivity contribution is -0.117. The van der Waals surface area contributed by atoms with Crippen LogP contribution in [0.5, 0.6) is 0 Å². The lowest BCUT2D eigenvalue weighted by Gasteiger charge is -2.18. The summed E-state index contributed by atoms with van der Waals surface area (Å²) in [4.78, 5) is 13.6. The van der Waals surface area contributed by atoms with Gasteiger partial charge in [-0.3, -0.25) is 4.79 Å². The third kappa shape index (κ3) is 2.07. The van der Waals surface area contributed by atoms with E-state index in [1.54, 1.807) is 17.0 Å². The van der Waals surface area contributed by atoms with E-state index in [0.29, 0.717) is 18.5 Å². The van der Waals surface area contributed by atoms with Crippen molar-refractivity contribution >= 4 is 11.6 Å². The molecular formula is C14H14N2O. The van der Waals surface area contributed by atoms with E-state index in [4.69, 9.17) is 5.26 Å². The topological polar surface area (TPSA) is 44.1 Å². The normalized spacial score (nSPS) is 19.2. The molecule has 2 rings (SSSR count). The number of benzene rings is 1. The van der Waals surface area contributed by atoms with Crippen molar-refractivity contribution in [3.05, 3.63) is 42.0 Å². The van der Waals surface area contributed by atoms with Crippen molar-refractivity contribution in [1.29, 1.82) is 5.26 Å². The average molecular weight is 226 g/mol. The molecule has 1 heterocycles. The Morgan fingerprint density at radius 2 is 2.35 bits per heavy atom. The summed E-state index contributed by atoms with van der Waals surface area (Å²) in [6.07, 6.45) is 2.29. The van der Waals surface area contributed by atoms with E-state index in [-0.39, 0.29) is 11.8 Å². The quantitative estimate of drug-likeness (QED) is 0.727. The lowest BCUT2D eigenvalue weighted by atomic mass is 10.1. The first-order valence-electron chi connectivity index (χ1n) is 5.59. The van der Waals surface area contributed by atoms with Crippen LogP contribution in [-0.2, 0) is 4.79 Å². The molecule has 3 nitrogen and oxygen atoms in total. The van der Waals surface area contributed by atoms with Crippen LogP contribution in [0.3, 0.4) is 0 Å². The van der Waals surface area contributed by atoms with Crippen LogP contribution in [-0.4, -0.2) is 12.5 Å². The van der Waals surface area contributed by atoms with Crippen molar-refractivity contribution in [3.8, 4) is 6.07 Å². The molecule has 1 amide bonds. The van der Waals surface area contributed by atoms with Crippen LogP contribution in [0.15, 0.2) is 30.9 Å². The Morgan fingerprint density at radius 3 is 2.94 bits per heavy atom. The molecule has 1 unspecified atom stereocenters. The van der Waals surface area contributed by atoms with E-state index in [2.05, 4.69) is 12.6 Å². The molecule has 0 aromatic heterocycles. The Bertz CT molecular complexity index is 513. The summed E-state index contributed by atoms with van der Waals surface area (Å²) >= 11 is 0. The van der Waals surface area contributed by atoms with Crippen molar-refractivity contribution in [2.45, 2.75) is 13.3 Å². The Kier molecular flexibility index (Phi) is 2.97. The molecule has 0 spiro atoms. The zero-order chi connectivity index (χ0) is 12.4. The van der Waals surface area contributed by atoms with E-state index in [1.165, 1.54) is 0 Å². The molecular weight excluding hydrogens is 212 g/mol. The van der Waals surface area contributed by atoms with Crippen LogP contribution >= 0.6 is 0 Å². The van der Waals surface area contributed by atoms with Crippen LogP contribution in [0.1, 0.15) is 17.5 Å². The standard InChI is InChI=1S/C14H14N2O/c1-3-11-7-14(17)16(9-11)13-6-10(2)4-5-12(13)8-15/h3-6,11H,1,7,9H2,2H3. The summed E-state index contributed by atoms with van der Waals surface area (Å²) in [5.41, 5.74) is 2.32. The monoisotopic (exact) mass is 226 g/mol. The number of carbonyl (C=O) groups excluding carboxylic acids is 1. The third-order valence-electron chi connectivity index (χ3n) is 3.05. The van der Waals surface area contributed by atoms with Gasteiger partial charge in [-0.15, -0.1) is 6.58 Å². The average Bonchev–Trinajstić information content (AvgIpc) is 2.70. The molecule has 1 aliphatic rings. The maximum absolute atomic E-state index is 11.9. The Morgan fingerprint density at radius 1 is 1.59 bits per heavy atom. The summed E-state index contributed by atoms with van der Waals surface area (Å²) < 4.78 is 0. The number of rotatable bonds is 2. The highest BCUT2D eigenvalue weighted by atomic mass is 16.2. The number of nitrogens with zero attached hydrogens (tertiary/aromatic N) is 2. The summed E-state index contributed by atoms with van der Waals surface area (Å²) in [5.74, 6) is 0.256. The van der Waals surface area contributed by atoms with Crippen molar-refractivity contribution in [3.63, 3.8) is 0 Å². The van der Waals surface area contributed by atoms with Crippen LogP contribution in [0, 0.1) is 24.2 Å². The first kappa shape index (κ1) is 11.4. The predicted octanol–water partition coefficient (Wildman–Crippen LogP) is 2.41. The van der Waals surface area contributed by atoms with Gasteiger partial charge >= 0.3 is 0 Å². The van der Waals surface area contributed by atoms with Crippen LogP contribution in [0.4, 0.5) is 5.69 Å². The first-order chi connectivity index (χ1) is 8.15. The fourth-order valence-corrected chi connectivity index (χ4v) is 2.09. The van der Waals surface area contributed by atoms with E-state index in [1.807, 2.05) is 19.1 Å². The number of amides is 1. The molecule has 3 heteroatoms. The molecule has 1 saturated heterocycles. The van der Waals surface area contributed by atoms with Crippen LogP contribution in [0.2, 0.25) is 0 Å². The molecule has 86 valence electrons. The second kappa shape index (κ2) is 4.42. The first-order valence-corrected chi connectivity index (χ1v) is 5.59. The zero-order valence-corrected chi connectivity index (χ0v) is 9.81. The summed E-state index contributed by atoms with van der Waals surface area (Å²) in [5, 5.41) is 9.07. The maximum atomic E-state index is 11.9. The van der Waals surface area contributed by atoms with Gasteiger partial charge in [-0.1, -0.05) is 12.1 Å². The van der Waals surface area contributed by atoms with Crippen LogP contribution < -0.4 is 4.90 Å². The summed E-state index contributed by atoms with van der Waals surface area (Å²) in [6.45, 7) is 6.30. The van der Waals surface area contributed by atoms with E-state index in [9.17, 15) is 4.79 Å². The largest absolute Gasteiger partial charge is 0.310 e. The molecule has 0 N–H and O–H groups in total. The summed E-state index contributed by atoms with van der Waals surface area (Å²) in [6, 6.07) is 7.67. The Labute approximate surface area is 101 Å². The Balaban J connectivity index is 2.41. The summed E-state index contributed by atoms with van der Waals surface area (Å²) in [7, 11) is 0. The number of hydrogen-bond acceptors (Lipinski definition) is 2. The maximum Gasteiger partial charge on any atom is 0.227 e. The highest BCUT2D eigenvalue weighted by molar-refractivity contribution is 5.97. The second-order valence-corrected chi connectivity index (χ2v) is 4.34. The SMILES string of the molecule is C=CC1CC(=O)N(c2cc(C)ccc2C#N)C1. The van der Waals surface area contributed by atoms with Crippen molar-refractivity contribution in [1.82, 2.24) is 0 Å². The number of nitriles is 1. The van der Waals surface area contributed by atoms with Gasteiger partial charge in [0.2, 0.25) is 5.91 Å². The number of aryl methyl sites for hydroxylation is 1. The van der Waals surface area contributed by atoms with Crippen molar-refractivity contribution in [2.75, 3.05) is 11.4 Å². The minimum absolute atomic E-state index is 0.0667. The van der Waals surface area contributed by atoms with Crippen LogP contribution in [0.25, 0.3) is 0 Å².